The van der Waals surface area contributed by atoms with E-state index in [1.54, 1.807) is 6.07 Å². The summed E-state index contributed by atoms with van der Waals surface area (Å²) in [6.45, 7) is 0. The van der Waals surface area contributed by atoms with Crippen molar-refractivity contribution < 1.29 is 18.7 Å². The van der Waals surface area contributed by atoms with Gasteiger partial charge in [0.2, 0.25) is 5.91 Å². The molecule has 1 heterocycles. The Morgan fingerprint density at radius 1 is 1.25 bits per heavy atom. The minimum Gasteiger partial charge on any atom is -0.464 e. The molecule has 1 amide bonds. The number of hydrogen-bond acceptors (Lipinski definition) is 3. The van der Waals surface area contributed by atoms with Crippen LogP contribution in [0.1, 0.15) is 49.0 Å². The topological polar surface area (TPSA) is 71.2 Å². The number of carbonyl (C=O) groups excluding carboxylic acids is 2. The third-order valence-electron chi connectivity index (χ3n) is 6.86. The number of ether oxygens (including phenoxy) is 1. The van der Waals surface area contributed by atoms with Gasteiger partial charge in [0.1, 0.15) is 11.5 Å². The standard InChI is InChI=1S/C21H22ClFN2O3/c1-28-18(26)17-16(14-5-13(23)2-3-15(14)24-17)25-19(27)20-6-11-4-12(7-20)9-21(22,8-11)10-20/h2-3,5,11-12,24H,4,6-10H2,1H3,(H,25,27)/t11-,12+,20?,21?. The zero-order valence-corrected chi connectivity index (χ0v) is 16.4. The van der Waals surface area contributed by atoms with Crippen LogP contribution in [0.2, 0.25) is 0 Å². The molecule has 28 heavy (non-hydrogen) atoms. The molecule has 7 heteroatoms. The molecule has 2 N–H and O–H groups in total. The number of halogens is 2. The van der Waals surface area contributed by atoms with Crippen molar-refractivity contribution in [3.8, 4) is 0 Å². The van der Waals surface area contributed by atoms with Crippen LogP contribution in [-0.4, -0.2) is 28.8 Å². The fourth-order valence-corrected chi connectivity index (χ4v) is 6.90. The van der Waals surface area contributed by atoms with Crippen molar-refractivity contribution in [2.75, 3.05) is 12.4 Å². The molecule has 5 nitrogen and oxygen atoms in total. The van der Waals surface area contributed by atoms with Crippen molar-refractivity contribution in [3.05, 3.63) is 29.7 Å². The third kappa shape index (κ3) is 2.65. The van der Waals surface area contributed by atoms with E-state index < -0.39 is 17.2 Å². The van der Waals surface area contributed by atoms with Crippen molar-refractivity contribution >= 4 is 40.1 Å². The van der Waals surface area contributed by atoms with Gasteiger partial charge < -0.3 is 15.0 Å². The van der Waals surface area contributed by atoms with Gasteiger partial charge in [-0.05, 0) is 68.6 Å². The van der Waals surface area contributed by atoms with Crippen LogP contribution in [0.4, 0.5) is 10.1 Å². The minimum absolute atomic E-state index is 0.123. The summed E-state index contributed by atoms with van der Waals surface area (Å²) in [6, 6.07) is 4.17. The average Bonchev–Trinajstić information content (AvgIpc) is 2.97. The van der Waals surface area contributed by atoms with Gasteiger partial charge in [-0.15, -0.1) is 11.6 Å². The van der Waals surface area contributed by atoms with E-state index in [9.17, 15) is 14.0 Å². The number of benzene rings is 1. The quantitative estimate of drug-likeness (QED) is 0.579. The Bertz CT molecular complexity index is 987. The number of alkyl halides is 1. The van der Waals surface area contributed by atoms with Crippen LogP contribution in [0.3, 0.4) is 0 Å². The molecular formula is C21H22ClFN2O3. The van der Waals surface area contributed by atoms with Gasteiger partial charge in [-0.3, -0.25) is 4.79 Å². The highest BCUT2D eigenvalue weighted by atomic mass is 35.5. The number of H-pyrrole nitrogens is 1. The summed E-state index contributed by atoms with van der Waals surface area (Å²) < 4.78 is 18.7. The Balaban J connectivity index is 1.54. The first-order valence-corrected chi connectivity index (χ1v) is 10.1. The van der Waals surface area contributed by atoms with Crippen LogP contribution in [0.5, 0.6) is 0 Å². The lowest BCUT2D eigenvalue weighted by atomic mass is 9.49. The molecule has 2 unspecified atom stereocenters. The summed E-state index contributed by atoms with van der Waals surface area (Å²) in [4.78, 5) is 28.4. The number of carbonyl (C=O) groups is 2. The zero-order valence-electron chi connectivity index (χ0n) is 15.6. The summed E-state index contributed by atoms with van der Waals surface area (Å²) in [5.74, 6) is -0.212. The smallest absolute Gasteiger partial charge is 0.356 e. The molecule has 148 valence electrons. The molecule has 6 rings (SSSR count). The monoisotopic (exact) mass is 404 g/mol. The van der Waals surface area contributed by atoms with E-state index in [4.69, 9.17) is 16.3 Å². The van der Waals surface area contributed by atoms with Crippen molar-refractivity contribution in [2.24, 2.45) is 17.3 Å². The van der Waals surface area contributed by atoms with E-state index in [0.29, 0.717) is 29.2 Å². The molecule has 4 aliphatic rings. The predicted molar refractivity (Wildman–Crippen MR) is 104 cm³/mol. The van der Waals surface area contributed by atoms with E-state index in [1.165, 1.54) is 19.2 Å². The SMILES string of the molecule is COC(=O)c1[nH]c2ccc(F)cc2c1NC(=O)C12C[C@@H]3C[C@@H](CC(Cl)(C3)C1)C2. The molecule has 4 saturated carbocycles. The lowest BCUT2D eigenvalue weighted by molar-refractivity contribution is -0.138. The van der Waals surface area contributed by atoms with Gasteiger partial charge >= 0.3 is 5.97 Å². The number of hydrogen-bond donors (Lipinski definition) is 2. The number of amides is 1. The van der Waals surface area contributed by atoms with Gasteiger partial charge in [-0.2, -0.15) is 0 Å². The van der Waals surface area contributed by atoms with E-state index in [1.807, 2.05) is 0 Å². The summed E-state index contributed by atoms with van der Waals surface area (Å²) >= 11 is 6.86. The highest BCUT2D eigenvalue weighted by molar-refractivity contribution is 6.24. The van der Waals surface area contributed by atoms with Crippen LogP contribution >= 0.6 is 11.6 Å². The van der Waals surface area contributed by atoms with Crippen LogP contribution in [-0.2, 0) is 9.53 Å². The molecule has 2 aromatic rings. The number of anilines is 1. The van der Waals surface area contributed by atoms with Gasteiger partial charge in [-0.1, -0.05) is 0 Å². The Morgan fingerprint density at radius 3 is 2.61 bits per heavy atom. The van der Waals surface area contributed by atoms with E-state index >= 15 is 0 Å². The van der Waals surface area contributed by atoms with Crippen LogP contribution in [0, 0.1) is 23.1 Å². The van der Waals surface area contributed by atoms with Crippen molar-refractivity contribution in [2.45, 2.75) is 43.4 Å². The maximum atomic E-state index is 13.9. The highest BCUT2D eigenvalue weighted by Crippen LogP contribution is 2.64. The first-order chi connectivity index (χ1) is 13.3. The van der Waals surface area contributed by atoms with Crippen LogP contribution < -0.4 is 5.32 Å². The number of nitrogens with one attached hydrogen (secondary N) is 2. The van der Waals surface area contributed by atoms with Gasteiger partial charge in [0, 0.05) is 15.8 Å². The largest absolute Gasteiger partial charge is 0.464 e. The average molecular weight is 405 g/mol. The summed E-state index contributed by atoms with van der Waals surface area (Å²) in [5, 5.41) is 3.41. The second-order valence-electron chi connectivity index (χ2n) is 8.90. The molecule has 4 fully saturated rings. The highest BCUT2D eigenvalue weighted by Gasteiger charge is 2.60. The Morgan fingerprint density at radius 2 is 1.96 bits per heavy atom. The Labute approximate surface area is 167 Å². The number of aromatic nitrogens is 1. The maximum absolute atomic E-state index is 13.9. The lowest BCUT2D eigenvalue weighted by Gasteiger charge is -2.59. The number of fused-ring (bicyclic) bond motifs is 1. The van der Waals surface area contributed by atoms with Crippen LogP contribution in [0.25, 0.3) is 10.9 Å². The second-order valence-corrected chi connectivity index (χ2v) is 9.70. The molecular weight excluding hydrogens is 383 g/mol. The number of rotatable bonds is 3. The van der Waals surface area contributed by atoms with Crippen LogP contribution in [0.15, 0.2) is 18.2 Å². The van der Waals surface area contributed by atoms with E-state index in [0.717, 1.165) is 32.1 Å². The molecule has 0 aliphatic heterocycles. The first-order valence-electron chi connectivity index (χ1n) is 9.71. The molecule has 4 bridgehead atoms. The van der Waals surface area contributed by atoms with E-state index in [2.05, 4.69) is 10.3 Å². The van der Waals surface area contributed by atoms with Gasteiger partial charge in [0.25, 0.3) is 0 Å². The third-order valence-corrected chi connectivity index (χ3v) is 7.30. The number of esters is 1. The number of aromatic amines is 1. The summed E-state index contributed by atoms with van der Waals surface area (Å²) in [6.07, 6.45) is 5.42. The lowest BCUT2D eigenvalue weighted by Crippen LogP contribution is -2.57. The van der Waals surface area contributed by atoms with Gasteiger partial charge in [0.05, 0.1) is 18.2 Å². The fourth-order valence-electron chi connectivity index (χ4n) is 6.21. The minimum atomic E-state index is -0.605. The second kappa shape index (κ2) is 5.96. The predicted octanol–water partition coefficient (Wildman–Crippen LogP) is 4.61. The van der Waals surface area contributed by atoms with Gasteiger partial charge in [0.15, 0.2) is 0 Å². The van der Waals surface area contributed by atoms with Crippen molar-refractivity contribution in [1.82, 2.24) is 4.98 Å². The van der Waals surface area contributed by atoms with Gasteiger partial charge in [-0.25, -0.2) is 9.18 Å². The zero-order chi connectivity index (χ0) is 19.7. The fraction of sp³-hybridized carbons (Fsp3) is 0.524. The molecule has 0 saturated heterocycles. The molecule has 0 radical (unpaired) electrons. The summed E-state index contributed by atoms with van der Waals surface area (Å²) in [7, 11) is 1.27. The molecule has 0 spiro atoms. The normalized spacial score (nSPS) is 33.2. The summed E-state index contributed by atoms with van der Waals surface area (Å²) in [5.41, 5.74) is 0.458. The van der Waals surface area contributed by atoms with Crippen molar-refractivity contribution in [3.63, 3.8) is 0 Å². The first kappa shape index (κ1) is 18.0. The van der Waals surface area contributed by atoms with E-state index in [-0.39, 0.29) is 22.2 Å². The molecule has 4 aliphatic carbocycles. The Hall–Kier alpha value is -2.08. The molecule has 4 atom stereocenters. The molecule has 1 aromatic carbocycles. The number of methoxy groups -OCH3 is 1. The molecule has 1 aromatic heterocycles. The Kier molecular flexibility index (Phi) is 3.83. The van der Waals surface area contributed by atoms with Crippen molar-refractivity contribution in [1.29, 1.82) is 0 Å². The maximum Gasteiger partial charge on any atom is 0.356 e.